The molecule has 0 saturated heterocycles. The molecule has 0 aliphatic heterocycles. The Morgan fingerprint density at radius 1 is 1.20 bits per heavy atom. The van der Waals surface area contributed by atoms with E-state index in [0.717, 1.165) is 33.7 Å². The van der Waals surface area contributed by atoms with E-state index in [9.17, 15) is 4.79 Å². The Morgan fingerprint density at radius 3 is 2.47 bits per heavy atom. The van der Waals surface area contributed by atoms with E-state index >= 15 is 0 Å². The molecule has 0 radical (unpaired) electrons. The minimum absolute atomic E-state index is 0.136. The van der Waals surface area contributed by atoms with Crippen LogP contribution >= 0.6 is 0 Å². The first kappa shape index (κ1) is 21.8. The molecule has 1 fully saturated rings. The Hall–Kier alpha value is -2.88. The molecule has 3 rings (SSSR count). The maximum absolute atomic E-state index is 13.1. The van der Waals surface area contributed by atoms with Crippen molar-refractivity contribution < 1.29 is 4.79 Å². The topological polar surface area (TPSA) is 55.2 Å². The van der Waals surface area contributed by atoms with E-state index in [1.165, 1.54) is 18.4 Å². The smallest absolute Gasteiger partial charge is 0.147 e. The van der Waals surface area contributed by atoms with E-state index in [-0.39, 0.29) is 5.78 Å². The quantitative estimate of drug-likeness (QED) is 0.515. The largest absolute Gasteiger partial charge is 0.298 e. The number of ketones is 1. The van der Waals surface area contributed by atoms with Gasteiger partial charge in [-0.3, -0.25) is 9.79 Å². The number of aromatic nitrogens is 2. The van der Waals surface area contributed by atoms with Crippen LogP contribution in [0.1, 0.15) is 57.0 Å². The minimum Gasteiger partial charge on any atom is -0.298 e. The van der Waals surface area contributed by atoms with E-state index < -0.39 is 5.41 Å². The molecule has 0 bridgehead atoms. The van der Waals surface area contributed by atoms with Crippen molar-refractivity contribution in [2.24, 2.45) is 10.9 Å². The molecule has 1 aliphatic carbocycles. The highest BCUT2D eigenvalue weighted by molar-refractivity contribution is 5.96. The van der Waals surface area contributed by atoms with E-state index in [2.05, 4.69) is 34.5 Å². The fourth-order valence-electron chi connectivity index (χ4n) is 3.61. The number of rotatable bonds is 8. The molecule has 1 heterocycles. The van der Waals surface area contributed by atoms with Gasteiger partial charge in [-0.05, 0) is 75.6 Å². The third-order valence-corrected chi connectivity index (χ3v) is 5.86. The number of hydrogen-bond acceptors (Lipinski definition) is 4. The van der Waals surface area contributed by atoms with E-state index in [4.69, 9.17) is 0 Å². The van der Waals surface area contributed by atoms with Crippen molar-refractivity contribution in [3.8, 4) is 11.1 Å². The van der Waals surface area contributed by atoms with Crippen molar-refractivity contribution in [2.45, 2.75) is 59.3 Å². The van der Waals surface area contributed by atoms with Crippen LogP contribution in [-0.4, -0.2) is 22.0 Å². The lowest BCUT2D eigenvalue weighted by molar-refractivity contribution is -0.122. The lowest BCUT2D eigenvalue weighted by Gasteiger charge is -2.26. The predicted molar refractivity (Wildman–Crippen MR) is 124 cm³/mol. The van der Waals surface area contributed by atoms with Gasteiger partial charge in [-0.2, -0.15) is 0 Å². The molecule has 0 N–H and O–H groups in total. The Morgan fingerprint density at radius 2 is 1.87 bits per heavy atom. The van der Waals surface area contributed by atoms with Crippen LogP contribution in [0, 0.1) is 19.8 Å². The summed E-state index contributed by atoms with van der Waals surface area (Å²) in [5.74, 6) is 1.59. The average Bonchev–Trinajstić information content (AvgIpc) is 3.53. The second-order valence-electron chi connectivity index (χ2n) is 8.86. The number of hydrogen-bond donors (Lipinski definition) is 0. The Labute approximate surface area is 179 Å². The second-order valence-corrected chi connectivity index (χ2v) is 8.86. The molecule has 0 spiro atoms. The summed E-state index contributed by atoms with van der Waals surface area (Å²) in [7, 11) is 0. The minimum atomic E-state index is -0.608. The highest BCUT2D eigenvalue weighted by Crippen LogP contribution is 2.36. The first-order valence-corrected chi connectivity index (χ1v) is 10.5. The zero-order valence-electron chi connectivity index (χ0n) is 18.7. The fourth-order valence-corrected chi connectivity index (χ4v) is 3.61. The maximum atomic E-state index is 13.1. The van der Waals surface area contributed by atoms with Gasteiger partial charge < -0.3 is 0 Å². The zero-order chi connectivity index (χ0) is 21.9. The molecule has 30 heavy (non-hydrogen) atoms. The van der Waals surface area contributed by atoms with Gasteiger partial charge >= 0.3 is 0 Å². The highest BCUT2D eigenvalue weighted by Gasteiger charge is 2.31. The molecule has 156 valence electrons. The molecule has 0 unspecified atom stereocenters. The van der Waals surface area contributed by atoms with Crippen LogP contribution in [-0.2, 0) is 10.2 Å². The summed E-state index contributed by atoms with van der Waals surface area (Å²) in [5.41, 5.74) is 5.56. The van der Waals surface area contributed by atoms with Crippen LogP contribution in [0.4, 0.5) is 0 Å². The van der Waals surface area contributed by atoms with Gasteiger partial charge in [-0.1, -0.05) is 30.4 Å². The summed E-state index contributed by atoms with van der Waals surface area (Å²) in [5, 5.41) is 0. The third-order valence-electron chi connectivity index (χ3n) is 5.86. The monoisotopic (exact) mass is 401 g/mol. The molecular formula is C26H31N3O. The number of carbonyl (C=O) groups is 1. The van der Waals surface area contributed by atoms with Crippen molar-refractivity contribution in [2.75, 3.05) is 0 Å². The standard InChI is InChI=1S/C26H31N3O/c1-17(13-27-14-19(3)21-7-8-21)11-25(30)26(5,6)24-10-9-22(12-18(24)2)23-15-28-20(4)29-16-23/h9-10,12-16,21H,1,7-8,11H2,2-6H3/b19-14+,27-13?. The Balaban J connectivity index is 1.71. The number of nitrogens with zero attached hydrogens (tertiary/aromatic N) is 3. The lowest BCUT2D eigenvalue weighted by Crippen LogP contribution is -2.30. The van der Waals surface area contributed by atoms with Crippen LogP contribution in [0.25, 0.3) is 11.1 Å². The van der Waals surface area contributed by atoms with E-state index in [0.29, 0.717) is 12.3 Å². The number of Topliss-reactive ketones (excluding diaryl/α,β-unsaturated/α-hetero) is 1. The molecule has 1 saturated carbocycles. The second kappa shape index (κ2) is 8.86. The van der Waals surface area contributed by atoms with Gasteiger partial charge in [-0.15, -0.1) is 0 Å². The van der Waals surface area contributed by atoms with Crippen LogP contribution in [0.15, 0.2) is 59.5 Å². The summed E-state index contributed by atoms with van der Waals surface area (Å²) in [6, 6.07) is 6.17. The molecule has 1 aromatic heterocycles. The molecule has 0 amide bonds. The molecule has 4 heteroatoms. The van der Waals surface area contributed by atoms with Gasteiger partial charge in [0, 0.05) is 42.2 Å². The molecule has 2 aromatic rings. The Bertz CT molecular complexity index is 1010. The van der Waals surface area contributed by atoms with Gasteiger partial charge in [0.15, 0.2) is 0 Å². The summed E-state index contributed by atoms with van der Waals surface area (Å²) < 4.78 is 0. The van der Waals surface area contributed by atoms with Crippen molar-refractivity contribution in [1.29, 1.82) is 0 Å². The highest BCUT2D eigenvalue weighted by atomic mass is 16.1. The predicted octanol–water partition coefficient (Wildman–Crippen LogP) is 5.94. The number of benzene rings is 1. The van der Waals surface area contributed by atoms with Gasteiger partial charge in [0.1, 0.15) is 11.6 Å². The lowest BCUT2D eigenvalue weighted by atomic mass is 9.76. The van der Waals surface area contributed by atoms with Gasteiger partial charge in [-0.25, -0.2) is 9.97 Å². The van der Waals surface area contributed by atoms with Gasteiger partial charge in [0.2, 0.25) is 0 Å². The summed E-state index contributed by atoms with van der Waals surface area (Å²) >= 11 is 0. The van der Waals surface area contributed by atoms with Crippen LogP contribution < -0.4 is 0 Å². The van der Waals surface area contributed by atoms with Gasteiger partial charge in [0.25, 0.3) is 0 Å². The molecule has 1 aromatic carbocycles. The normalized spacial score (nSPS) is 14.9. The average molecular weight is 402 g/mol. The van der Waals surface area contributed by atoms with Crippen LogP contribution in [0.2, 0.25) is 0 Å². The fraction of sp³-hybridized carbons (Fsp3) is 0.385. The number of carbonyl (C=O) groups excluding carboxylic acids is 1. The third kappa shape index (κ3) is 5.18. The van der Waals surface area contributed by atoms with Crippen molar-refractivity contribution in [3.63, 3.8) is 0 Å². The maximum Gasteiger partial charge on any atom is 0.147 e. The summed E-state index contributed by atoms with van der Waals surface area (Å²) in [4.78, 5) is 26.0. The van der Waals surface area contributed by atoms with E-state index in [1.54, 1.807) is 6.21 Å². The Kier molecular flexibility index (Phi) is 6.45. The first-order chi connectivity index (χ1) is 14.2. The van der Waals surface area contributed by atoms with Crippen molar-refractivity contribution in [3.05, 3.63) is 71.5 Å². The van der Waals surface area contributed by atoms with E-state index in [1.807, 2.05) is 58.4 Å². The van der Waals surface area contributed by atoms with Crippen LogP contribution in [0.5, 0.6) is 0 Å². The summed E-state index contributed by atoms with van der Waals surface area (Å²) in [6.07, 6.45) is 10.1. The molecule has 4 nitrogen and oxygen atoms in total. The molecule has 0 atom stereocenters. The molecular weight excluding hydrogens is 370 g/mol. The van der Waals surface area contributed by atoms with Crippen molar-refractivity contribution in [1.82, 2.24) is 9.97 Å². The number of allylic oxidation sites excluding steroid dienone is 2. The van der Waals surface area contributed by atoms with Gasteiger partial charge in [0.05, 0.1) is 0 Å². The summed E-state index contributed by atoms with van der Waals surface area (Å²) in [6.45, 7) is 14.0. The SMILES string of the molecule is C=C(C=N/C=C(\C)C1CC1)CC(=O)C(C)(C)c1ccc(-c2cnc(C)nc2)cc1C. The van der Waals surface area contributed by atoms with Crippen LogP contribution in [0.3, 0.4) is 0 Å². The number of aryl methyl sites for hydroxylation is 2. The number of aliphatic imine (C=N–C) groups is 1. The zero-order valence-corrected chi connectivity index (χ0v) is 18.7. The molecule has 1 aliphatic rings. The first-order valence-electron chi connectivity index (χ1n) is 10.5. The van der Waals surface area contributed by atoms with Crippen molar-refractivity contribution >= 4 is 12.0 Å².